The number of rotatable bonds is 4. The zero-order valence-corrected chi connectivity index (χ0v) is 19.9. The number of nitrogens with zero attached hydrogens (tertiary/aromatic N) is 4. The highest BCUT2D eigenvalue weighted by molar-refractivity contribution is 6.09. The third kappa shape index (κ3) is 3.28. The zero-order chi connectivity index (χ0) is 24.1. The molecule has 0 atom stereocenters. The predicted octanol–water partition coefficient (Wildman–Crippen LogP) is 7.52. The first-order chi connectivity index (χ1) is 17.8. The van der Waals surface area contributed by atoms with Gasteiger partial charge in [-0.25, -0.2) is 4.98 Å². The Morgan fingerprint density at radius 1 is 0.667 bits per heavy atom. The summed E-state index contributed by atoms with van der Waals surface area (Å²) in [4.78, 5) is 9.20. The van der Waals surface area contributed by atoms with E-state index in [1.54, 1.807) is 0 Å². The molecule has 0 unspecified atom stereocenters. The molecule has 0 amide bonds. The molecule has 1 aliphatic rings. The van der Waals surface area contributed by atoms with E-state index in [9.17, 15) is 0 Å². The van der Waals surface area contributed by atoms with Crippen LogP contribution < -0.4 is 14.5 Å². The number of ether oxygens (including phenoxy) is 1. The summed E-state index contributed by atoms with van der Waals surface area (Å²) in [6.07, 6.45) is 1.83. The molecule has 0 saturated carbocycles. The van der Waals surface area contributed by atoms with E-state index in [4.69, 9.17) is 4.74 Å². The third-order valence-electron chi connectivity index (χ3n) is 6.83. The Hall–Kier alpha value is -4.77. The lowest BCUT2D eigenvalue weighted by molar-refractivity contribution is 0.483. The van der Waals surface area contributed by atoms with Crippen LogP contribution in [0.25, 0.3) is 27.6 Å². The van der Waals surface area contributed by atoms with Gasteiger partial charge in [-0.3, -0.25) is 4.57 Å². The first kappa shape index (κ1) is 20.6. The molecule has 36 heavy (non-hydrogen) atoms. The number of hydrogen-bond donors (Lipinski definition) is 0. The quantitative estimate of drug-likeness (QED) is 0.268. The Morgan fingerprint density at radius 3 is 2.33 bits per heavy atom. The fourth-order valence-corrected chi connectivity index (χ4v) is 5.20. The van der Waals surface area contributed by atoms with Crippen LogP contribution >= 0.6 is 0 Å². The number of pyridine rings is 1. The van der Waals surface area contributed by atoms with Crippen LogP contribution in [0.1, 0.15) is 0 Å². The molecule has 4 aromatic carbocycles. The summed E-state index contributed by atoms with van der Waals surface area (Å²) < 4.78 is 8.61. The van der Waals surface area contributed by atoms with Crippen molar-refractivity contribution in [3.63, 3.8) is 0 Å². The first-order valence-corrected chi connectivity index (χ1v) is 12.1. The van der Waals surface area contributed by atoms with Gasteiger partial charge in [-0.1, -0.05) is 42.5 Å². The first-order valence-electron chi connectivity index (χ1n) is 12.1. The highest BCUT2D eigenvalue weighted by Gasteiger charge is 2.24. The number of benzene rings is 4. The fourth-order valence-electron chi connectivity index (χ4n) is 5.20. The van der Waals surface area contributed by atoms with Gasteiger partial charge in [0.1, 0.15) is 17.3 Å². The molecule has 5 heteroatoms. The molecule has 5 nitrogen and oxygen atoms in total. The average Bonchev–Trinajstić information content (AvgIpc) is 3.44. The maximum absolute atomic E-state index is 6.41. The lowest BCUT2D eigenvalue weighted by Crippen LogP contribution is -2.23. The molecule has 1 aliphatic heterocycles. The highest BCUT2D eigenvalue weighted by Crippen LogP contribution is 2.41. The van der Waals surface area contributed by atoms with E-state index in [0.717, 1.165) is 40.7 Å². The minimum absolute atomic E-state index is 0.790. The van der Waals surface area contributed by atoms with Crippen molar-refractivity contribution in [1.29, 1.82) is 0 Å². The Labute approximate surface area is 209 Å². The molecule has 0 radical (unpaired) electrons. The van der Waals surface area contributed by atoms with E-state index < -0.39 is 0 Å². The van der Waals surface area contributed by atoms with Gasteiger partial charge < -0.3 is 14.5 Å². The van der Waals surface area contributed by atoms with Crippen LogP contribution in [0.2, 0.25) is 0 Å². The number of hydrogen-bond acceptors (Lipinski definition) is 4. The van der Waals surface area contributed by atoms with Crippen LogP contribution in [0.4, 0.5) is 17.1 Å². The third-order valence-corrected chi connectivity index (χ3v) is 6.83. The Balaban J connectivity index is 1.29. The standard InChI is InChI=1S/C31H24N4O/c1-33-21-34(29-14-5-4-13-28(29)33)22-9-8-10-23(19-22)36-24-16-17-26-25-11-2-3-12-27(25)35(30(26)20-24)31-15-6-7-18-32-31/h2-20H,21H2,1H3. The van der Waals surface area contributed by atoms with Gasteiger partial charge in [0.05, 0.1) is 29.1 Å². The van der Waals surface area contributed by atoms with Crippen molar-refractivity contribution >= 4 is 38.9 Å². The zero-order valence-electron chi connectivity index (χ0n) is 19.9. The molecule has 0 N–H and O–H groups in total. The molecule has 0 fully saturated rings. The van der Waals surface area contributed by atoms with E-state index in [-0.39, 0.29) is 0 Å². The van der Waals surface area contributed by atoms with Crippen LogP contribution in [0.3, 0.4) is 0 Å². The van der Waals surface area contributed by atoms with E-state index >= 15 is 0 Å². The van der Waals surface area contributed by atoms with Gasteiger partial charge >= 0.3 is 0 Å². The minimum atomic E-state index is 0.790. The Bertz CT molecular complexity index is 1720. The van der Waals surface area contributed by atoms with Crippen molar-refractivity contribution < 1.29 is 4.74 Å². The molecular formula is C31H24N4O. The smallest absolute Gasteiger partial charge is 0.137 e. The van der Waals surface area contributed by atoms with Crippen molar-refractivity contribution in [1.82, 2.24) is 9.55 Å². The summed E-state index contributed by atoms with van der Waals surface area (Å²) in [6.45, 7) is 0.805. The van der Waals surface area contributed by atoms with Gasteiger partial charge in [0.15, 0.2) is 0 Å². The second-order valence-corrected chi connectivity index (χ2v) is 9.07. The molecule has 0 spiro atoms. The molecule has 6 aromatic rings. The van der Waals surface area contributed by atoms with Gasteiger partial charge in [0, 0.05) is 41.8 Å². The second kappa shape index (κ2) is 8.17. The predicted molar refractivity (Wildman–Crippen MR) is 147 cm³/mol. The van der Waals surface area contributed by atoms with Crippen molar-refractivity contribution in [3.05, 3.63) is 115 Å². The van der Waals surface area contributed by atoms with Crippen LogP contribution in [0.15, 0.2) is 115 Å². The molecule has 174 valence electrons. The number of aromatic nitrogens is 2. The van der Waals surface area contributed by atoms with E-state index in [2.05, 4.69) is 105 Å². The normalized spacial score (nSPS) is 12.9. The highest BCUT2D eigenvalue weighted by atomic mass is 16.5. The Morgan fingerprint density at radius 2 is 1.44 bits per heavy atom. The van der Waals surface area contributed by atoms with Crippen LogP contribution in [0, 0.1) is 0 Å². The van der Waals surface area contributed by atoms with Crippen molar-refractivity contribution in [3.8, 4) is 17.3 Å². The van der Waals surface area contributed by atoms with Gasteiger partial charge in [0.25, 0.3) is 0 Å². The monoisotopic (exact) mass is 468 g/mol. The summed E-state index contributed by atoms with van der Waals surface area (Å²) in [5, 5.41) is 2.37. The number of fused-ring (bicyclic) bond motifs is 4. The summed E-state index contributed by atoms with van der Waals surface area (Å²) in [5.74, 6) is 2.48. The van der Waals surface area contributed by atoms with Crippen LogP contribution in [-0.4, -0.2) is 23.3 Å². The molecule has 3 heterocycles. The molecule has 2 aromatic heterocycles. The average molecular weight is 469 g/mol. The molecule has 0 bridgehead atoms. The maximum atomic E-state index is 6.41. The lowest BCUT2D eigenvalue weighted by Gasteiger charge is -2.20. The van der Waals surface area contributed by atoms with E-state index in [0.29, 0.717) is 0 Å². The van der Waals surface area contributed by atoms with Gasteiger partial charge in [0.2, 0.25) is 0 Å². The molecular weight excluding hydrogens is 444 g/mol. The topological polar surface area (TPSA) is 33.5 Å². The van der Waals surface area contributed by atoms with Gasteiger partial charge in [-0.05, 0) is 54.6 Å². The summed E-state index contributed by atoms with van der Waals surface area (Å²) in [6, 6.07) is 37.5. The number of para-hydroxylation sites is 3. The van der Waals surface area contributed by atoms with Crippen molar-refractivity contribution in [2.75, 3.05) is 23.5 Å². The summed E-state index contributed by atoms with van der Waals surface area (Å²) in [5.41, 5.74) is 5.74. The van der Waals surface area contributed by atoms with Crippen LogP contribution in [0.5, 0.6) is 11.5 Å². The lowest BCUT2D eigenvalue weighted by atomic mass is 10.1. The van der Waals surface area contributed by atoms with E-state index in [1.165, 1.54) is 22.1 Å². The van der Waals surface area contributed by atoms with Gasteiger partial charge in [-0.15, -0.1) is 0 Å². The van der Waals surface area contributed by atoms with Crippen molar-refractivity contribution in [2.24, 2.45) is 0 Å². The van der Waals surface area contributed by atoms with E-state index in [1.807, 2.05) is 36.5 Å². The summed E-state index contributed by atoms with van der Waals surface area (Å²) in [7, 11) is 2.12. The second-order valence-electron chi connectivity index (χ2n) is 9.07. The Kier molecular flexibility index (Phi) is 4.67. The fraction of sp³-hybridized carbons (Fsp3) is 0.0645. The maximum Gasteiger partial charge on any atom is 0.137 e. The largest absolute Gasteiger partial charge is 0.457 e. The number of anilines is 3. The van der Waals surface area contributed by atoms with Gasteiger partial charge in [-0.2, -0.15) is 0 Å². The minimum Gasteiger partial charge on any atom is -0.457 e. The SMILES string of the molecule is CN1CN(c2cccc(Oc3ccc4c5ccccc5n(-c5ccccn5)c4c3)c2)c2ccccc21. The van der Waals surface area contributed by atoms with Crippen LogP contribution in [-0.2, 0) is 0 Å². The molecule has 7 rings (SSSR count). The molecule has 0 aliphatic carbocycles. The molecule has 0 saturated heterocycles. The summed E-state index contributed by atoms with van der Waals surface area (Å²) >= 11 is 0. The van der Waals surface area contributed by atoms with Crippen molar-refractivity contribution in [2.45, 2.75) is 0 Å².